The number of aromatic nitrogens is 1. The van der Waals surface area contributed by atoms with Crippen LogP contribution in [-0.2, 0) is 4.74 Å². The summed E-state index contributed by atoms with van der Waals surface area (Å²) in [5.74, 6) is 0.196. The third-order valence-electron chi connectivity index (χ3n) is 2.81. The van der Waals surface area contributed by atoms with Crippen LogP contribution in [0.4, 0.5) is 5.69 Å². The lowest BCUT2D eigenvalue weighted by Crippen LogP contribution is -2.07. The number of rotatable bonds is 3. The van der Waals surface area contributed by atoms with Gasteiger partial charge in [0.15, 0.2) is 0 Å². The number of carbonyl (C=O) groups excluding carboxylic acids is 1. The van der Waals surface area contributed by atoms with Crippen molar-refractivity contribution in [2.45, 2.75) is 0 Å². The molecule has 6 heteroatoms. The molecule has 0 aliphatic heterocycles. The number of hydrogen-bond acceptors (Lipinski definition) is 5. The highest BCUT2D eigenvalue weighted by molar-refractivity contribution is 9.10. The van der Waals surface area contributed by atoms with Gasteiger partial charge in [0.25, 0.3) is 0 Å². The maximum atomic E-state index is 11.8. The van der Waals surface area contributed by atoms with Gasteiger partial charge in [-0.05, 0) is 28.1 Å². The molecule has 0 fully saturated rings. The molecule has 19 heavy (non-hydrogen) atoms. The van der Waals surface area contributed by atoms with Crippen LogP contribution in [0.3, 0.4) is 0 Å². The molecule has 1 N–H and O–H groups in total. The fourth-order valence-electron chi connectivity index (χ4n) is 1.94. The Labute approximate surface area is 119 Å². The molecule has 1 aromatic carbocycles. The summed E-state index contributed by atoms with van der Waals surface area (Å²) in [6.45, 7) is 0. The van der Waals surface area contributed by atoms with E-state index in [1.54, 1.807) is 14.2 Å². The fourth-order valence-corrected chi connectivity index (χ4v) is 2.37. The zero-order chi connectivity index (χ0) is 14.0. The first-order valence-electron chi connectivity index (χ1n) is 5.55. The summed E-state index contributed by atoms with van der Waals surface area (Å²) in [7, 11) is 4.65. The molecule has 0 saturated carbocycles. The van der Waals surface area contributed by atoms with Gasteiger partial charge in [0.05, 0.1) is 30.8 Å². The van der Waals surface area contributed by atoms with Crippen LogP contribution < -0.4 is 10.1 Å². The molecule has 2 rings (SSSR count). The Hall–Kier alpha value is -1.82. The Bertz CT molecular complexity index is 643. The van der Waals surface area contributed by atoms with E-state index < -0.39 is 5.97 Å². The number of nitrogens with zero attached hydrogens (tertiary/aromatic N) is 1. The Morgan fingerprint density at radius 1 is 1.37 bits per heavy atom. The van der Waals surface area contributed by atoms with Crippen LogP contribution in [0.2, 0.25) is 0 Å². The quantitative estimate of drug-likeness (QED) is 0.880. The summed E-state index contributed by atoms with van der Waals surface area (Å²) >= 11 is 3.44. The minimum atomic E-state index is -0.444. The van der Waals surface area contributed by atoms with Crippen molar-refractivity contribution in [3.8, 4) is 5.75 Å². The van der Waals surface area contributed by atoms with Gasteiger partial charge in [0.2, 0.25) is 0 Å². The van der Waals surface area contributed by atoms with Crippen LogP contribution in [-0.4, -0.2) is 32.2 Å². The van der Waals surface area contributed by atoms with Crippen LogP contribution in [0.25, 0.3) is 10.9 Å². The van der Waals surface area contributed by atoms with E-state index >= 15 is 0 Å². The monoisotopic (exact) mass is 324 g/mol. The number of esters is 1. The molecule has 0 unspecified atom stereocenters. The number of halogens is 1. The van der Waals surface area contributed by atoms with Crippen LogP contribution in [0, 0.1) is 0 Å². The molecular weight excluding hydrogens is 312 g/mol. The summed E-state index contributed by atoms with van der Waals surface area (Å²) in [6, 6.07) is 3.67. The SMILES string of the molecule is CNc1c(C(=O)OC)cnc2c(Br)ccc(OC)c12. The van der Waals surface area contributed by atoms with Crippen molar-refractivity contribution in [2.24, 2.45) is 0 Å². The molecule has 0 saturated heterocycles. The van der Waals surface area contributed by atoms with E-state index in [0.29, 0.717) is 17.0 Å². The van der Waals surface area contributed by atoms with Crippen molar-refractivity contribution in [3.63, 3.8) is 0 Å². The summed E-state index contributed by atoms with van der Waals surface area (Å²) in [5, 5.41) is 3.75. The van der Waals surface area contributed by atoms with Crippen molar-refractivity contribution in [1.29, 1.82) is 0 Å². The van der Waals surface area contributed by atoms with E-state index in [4.69, 9.17) is 9.47 Å². The van der Waals surface area contributed by atoms with Crippen molar-refractivity contribution in [2.75, 3.05) is 26.6 Å². The molecular formula is C13H13BrN2O3. The zero-order valence-electron chi connectivity index (χ0n) is 10.8. The number of pyridine rings is 1. The normalized spacial score (nSPS) is 10.3. The van der Waals surface area contributed by atoms with E-state index in [2.05, 4.69) is 26.2 Å². The highest BCUT2D eigenvalue weighted by Gasteiger charge is 2.19. The topological polar surface area (TPSA) is 60.5 Å². The number of hydrogen-bond donors (Lipinski definition) is 1. The second-order valence-electron chi connectivity index (χ2n) is 3.76. The summed E-state index contributed by atoms with van der Waals surface area (Å²) in [4.78, 5) is 16.1. The number of methoxy groups -OCH3 is 2. The summed E-state index contributed by atoms with van der Waals surface area (Å²) in [5.41, 5.74) is 1.72. The van der Waals surface area contributed by atoms with E-state index in [1.807, 2.05) is 12.1 Å². The average molecular weight is 325 g/mol. The Morgan fingerprint density at radius 2 is 2.11 bits per heavy atom. The lowest BCUT2D eigenvalue weighted by Gasteiger charge is -2.14. The van der Waals surface area contributed by atoms with Crippen molar-refractivity contribution < 1.29 is 14.3 Å². The molecule has 100 valence electrons. The zero-order valence-corrected chi connectivity index (χ0v) is 12.4. The molecule has 1 aromatic heterocycles. The number of nitrogens with one attached hydrogen (secondary N) is 1. The number of fused-ring (bicyclic) bond motifs is 1. The van der Waals surface area contributed by atoms with E-state index in [1.165, 1.54) is 13.3 Å². The molecule has 0 amide bonds. The molecule has 0 aliphatic rings. The smallest absolute Gasteiger partial charge is 0.341 e. The van der Waals surface area contributed by atoms with E-state index in [0.717, 1.165) is 15.4 Å². The second-order valence-corrected chi connectivity index (χ2v) is 4.62. The third kappa shape index (κ3) is 2.23. The van der Waals surface area contributed by atoms with Gasteiger partial charge in [-0.25, -0.2) is 4.79 Å². The van der Waals surface area contributed by atoms with Gasteiger partial charge in [-0.3, -0.25) is 4.98 Å². The molecule has 0 radical (unpaired) electrons. The highest BCUT2D eigenvalue weighted by atomic mass is 79.9. The maximum Gasteiger partial charge on any atom is 0.341 e. The van der Waals surface area contributed by atoms with Gasteiger partial charge in [0.1, 0.15) is 11.3 Å². The second kappa shape index (κ2) is 5.44. The molecule has 0 aliphatic carbocycles. The predicted octanol–water partition coefficient (Wildman–Crippen LogP) is 2.83. The minimum Gasteiger partial charge on any atom is -0.496 e. The lowest BCUT2D eigenvalue weighted by molar-refractivity contribution is 0.0601. The molecule has 0 atom stereocenters. The molecule has 2 aromatic rings. The van der Waals surface area contributed by atoms with Gasteiger partial charge < -0.3 is 14.8 Å². The molecule has 5 nitrogen and oxygen atoms in total. The van der Waals surface area contributed by atoms with Gasteiger partial charge in [-0.15, -0.1) is 0 Å². The van der Waals surface area contributed by atoms with Gasteiger partial charge in [0, 0.05) is 17.7 Å². The fraction of sp³-hybridized carbons (Fsp3) is 0.231. The Balaban J connectivity index is 2.88. The maximum absolute atomic E-state index is 11.8. The van der Waals surface area contributed by atoms with Crippen molar-refractivity contribution in [3.05, 3.63) is 28.4 Å². The number of ether oxygens (including phenoxy) is 2. The van der Waals surface area contributed by atoms with Gasteiger partial charge in [-0.1, -0.05) is 0 Å². The highest BCUT2D eigenvalue weighted by Crippen LogP contribution is 2.37. The van der Waals surface area contributed by atoms with Crippen LogP contribution in [0.5, 0.6) is 5.75 Å². The molecule has 0 bridgehead atoms. The van der Waals surface area contributed by atoms with Crippen LogP contribution in [0.15, 0.2) is 22.8 Å². The first-order valence-corrected chi connectivity index (χ1v) is 6.34. The van der Waals surface area contributed by atoms with E-state index in [9.17, 15) is 4.79 Å². The molecule has 0 spiro atoms. The van der Waals surface area contributed by atoms with Crippen molar-refractivity contribution >= 4 is 38.5 Å². The molecule has 1 heterocycles. The first-order chi connectivity index (χ1) is 9.13. The Morgan fingerprint density at radius 3 is 2.68 bits per heavy atom. The van der Waals surface area contributed by atoms with E-state index in [-0.39, 0.29) is 0 Å². The average Bonchev–Trinajstić information content (AvgIpc) is 2.45. The minimum absolute atomic E-state index is 0.369. The third-order valence-corrected chi connectivity index (χ3v) is 3.45. The summed E-state index contributed by atoms with van der Waals surface area (Å²) < 4.78 is 10.9. The van der Waals surface area contributed by atoms with Gasteiger partial charge in [-0.2, -0.15) is 0 Å². The standard InChI is InChI=1S/C13H13BrN2O3/c1-15-11-7(13(17)19-3)6-16-12-8(14)4-5-9(18-2)10(11)12/h4-6H,1-3H3,(H,15,16). The van der Waals surface area contributed by atoms with Crippen LogP contribution in [0.1, 0.15) is 10.4 Å². The first kappa shape index (κ1) is 13.6. The van der Waals surface area contributed by atoms with Crippen LogP contribution >= 0.6 is 15.9 Å². The number of benzene rings is 1. The van der Waals surface area contributed by atoms with Gasteiger partial charge >= 0.3 is 5.97 Å². The largest absolute Gasteiger partial charge is 0.496 e. The van der Waals surface area contributed by atoms with Crippen molar-refractivity contribution in [1.82, 2.24) is 4.98 Å². The predicted molar refractivity (Wildman–Crippen MR) is 76.9 cm³/mol. The number of anilines is 1. The summed E-state index contributed by atoms with van der Waals surface area (Å²) in [6.07, 6.45) is 1.49. The lowest BCUT2D eigenvalue weighted by atomic mass is 10.1. The Kier molecular flexibility index (Phi) is 3.90. The number of carbonyl (C=O) groups is 1.